The lowest BCUT2D eigenvalue weighted by Gasteiger charge is -2.52. The summed E-state index contributed by atoms with van der Waals surface area (Å²) >= 11 is 0. The van der Waals surface area contributed by atoms with Crippen molar-refractivity contribution < 1.29 is 0 Å². The zero-order chi connectivity index (χ0) is 25.7. The van der Waals surface area contributed by atoms with Gasteiger partial charge in [0.05, 0.1) is 11.1 Å². The minimum Gasteiger partial charge on any atom is -0.335 e. The molecule has 3 heteroatoms. The van der Waals surface area contributed by atoms with Gasteiger partial charge < -0.3 is 9.47 Å². The van der Waals surface area contributed by atoms with E-state index >= 15 is 0 Å². The molecule has 1 aliphatic carbocycles. The van der Waals surface area contributed by atoms with Crippen molar-refractivity contribution in [3.8, 4) is 5.69 Å². The van der Waals surface area contributed by atoms with E-state index in [1.807, 2.05) is 0 Å². The molecule has 0 amide bonds. The van der Waals surface area contributed by atoms with Crippen LogP contribution in [0.15, 0.2) is 91.0 Å². The van der Waals surface area contributed by atoms with Gasteiger partial charge in [-0.05, 0) is 70.7 Å². The Kier molecular flexibility index (Phi) is 3.54. The molecule has 5 aromatic carbocycles. The molecule has 2 nitrogen and oxygen atoms in total. The van der Waals surface area contributed by atoms with Gasteiger partial charge in [-0.3, -0.25) is 0 Å². The molecule has 0 radical (unpaired) electrons. The number of fused-ring (bicyclic) bond motifs is 12. The predicted molar refractivity (Wildman–Crippen MR) is 166 cm³/mol. The highest BCUT2D eigenvalue weighted by atomic mass is 15.3. The van der Waals surface area contributed by atoms with Gasteiger partial charge in [0.1, 0.15) is 0 Å². The van der Waals surface area contributed by atoms with Gasteiger partial charge in [-0.15, -0.1) is 0 Å². The summed E-state index contributed by atoms with van der Waals surface area (Å²) < 4.78 is 2.59. The lowest BCUT2D eigenvalue weighted by molar-refractivity contribution is 0.195. The average molecular weight is 500 g/mol. The molecule has 1 saturated carbocycles. The quantitative estimate of drug-likeness (QED) is 0.208. The van der Waals surface area contributed by atoms with Crippen molar-refractivity contribution in [2.75, 3.05) is 4.90 Å². The number of para-hydroxylation sites is 2. The monoisotopic (exact) mass is 500 g/mol. The van der Waals surface area contributed by atoms with E-state index in [4.69, 9.17) is 0 Å². The van der Waals surface area contributed by atoms with Crippen LogP contribution >= 0.6 is 0 Å². The van der Waals surface area contributed by atoms with E-state index < -0.39 is 0 Å². The van der Waals surface area contributed by atoms with Crippen LogP contribution in [0.3, 0.4) is 0 Å². The molecule has 2 atom stereocenters. The molecule has 6 aromatic rings. The van der Waals surface area contributed by atoms with Gasteiger partial charge >= 0.3 is 0 Å². The molecule has 4 aliphatic rings. The van der Waals surface area contributed by atoms with Crippen LogP contribution < -0.4 is 21.3 Å². The maximum absolute atomic E-state index is 2.80. The van der Waals surface area contributed by atoms with Gasteiger partial charge in [-0.1, -0.05) is 92.6 Å². The Bertz CT molecular complexity index is 2090. The summed E-state index contributed by atoms with van der Waals surface area (Å²) in [6.45, 7) is 5.37. The van der Waals surface area contributed by atoms with Crippen LogP contribution in [0.25, 0.3) is 38.3 Å². The predicted octanol–water partition coefficient (Wildman–Crippen LogP) is 6.82. The molecule has 1 fully saturated rings. The van der Waals surface area contributed by atoms with Crippen molar-refractivity contribution in [2.45, 2.75) is 50.5 Å². The van der Waals surface area contributed by atoms with Gasteiger partial charge in [-0.25, -0.2) is 0 Å². The standard InChI is InChI=1S/C36H29BN2/c1-35-20-5-6-21-36(35,2)39-30-17-9-16-29-32(30)37(27-15-8-13-25(35)34(27)39)26-14-7-12-24-31-23-11-4-3-10-22(23)18-19-28(31)38(29)33(24)26/h3-4,7-19H,5-6,20-21H2,1-2H3. The summed E-state index contributed by atoms with van der Waals surface area (Å²) in [6.07, 6.45) is 5.14. The minimum absolute atomic E-state index is 0.0883. The molecule has 39 heavy (non-hydrogen) atoms. The van der Waals surface area contributed by atoms with E-state index in [1.165, 1.54) is 91.7 Å². The van der Waals surface area contributed by atoms with Crippen LogP contribution in [0.1, 0.15) is 45.1 Å². The molecule has 2 unspecified atom stereocenters. The fraction of sp³-hybridized carbons (Fsp3) is 0.222. The Morgan fingerprint density at radius 1 is 0.692 bits per heavy atom. The molecule has 186 valence electrons. The maximum atomic E-state index is 2.80. The smallest absolute Gasteiger partial charge is 0.252 e. The lowest BCUT2D eigenvalue weighted by Crippen LogP contribution is -2.64. The summed E-state index contributed by atoms with van der Waals surface area (Å²) in [5.41, 5.74) is 13.3. The Balaban J connectivity index is 1.41. The largest absolute Gasteiger partial charge is 0.335 e. The lowest BCUT2D eigenvalue weighted by atomic mass is 9.34. The van der Waals surface area contributed by atoms with Crippen molar-refractivity contribution in [1.82, 2.24) is 4.57 Å². The first kappa shape index (κ1) is 20.9. The zero-order valence-electron chi connectivity index (χ0n) is 22.5. The van der Waals surface area contributed by atoms with Crippen LogP contribution in [-0.2, 0) is 5.41 Å². The second-order valence-corrected chi connectivity index (χ2v) is 12.8. The highest BCUT2D eigenvalue weighted by Crippen LogP contribution is 2.61. The summed E-state index contributed by atoms with van der Waals surface area (Å²) in [6, 6.07) is 34.9. The number of hydrogen-bond donors (Lipinski definition) is 0. The van der Waals surface area contributed by atoms with E-state index in [0.717, 1.165) is 0 Å². The third-order valence-corrected chi connectivity index (χ3v) is 11.3. The Morgan fingerprint density at radius 2 is 1.46 bits per heavy atom. The molecule has 0 spiro atoms. The SMILES string of the molecule is CC12CCCCC1(C)N1c3cccc4c3B(c3cccc2c31)c1cccc2c3c5ccccc5ccc3n-4c12. The molecule has 3 aliphatic heterocycles. The Morgan fingerprint density at radius 3 is 2.41 bits per heavy atom. The molecule has 10 rings (SSSR count). The fourth-order valence-electron chi connectivity index (χ4n) is 9.45. The van der Waals surface area contributed by atoms with E-state index in [1.54, 1.807) is 5.56 Å². The van der Waals surface area contributed by atoms with Crippen LogP contribution in [-0.4, -0.2) is 16.8 Å². The van der Waals surface area contributed by atoms with Crippen LogP contribution in [0, 0.1) is 0 Å². The molecular formula is C36H29BN2. The van der Waals surface area contributed by atoms with Gasteiger partial charge in [0.15, 0.2) is 0 Å². The second-order valence-electron chi connectivity index (χ2n) is 12.8. The molecule has 0 N–H and O–H groups in total. The molecule has 0 saturated heterocycles. The number of rotatable bonds is 0. The molecule has 4 heterocycles. The number of nitrogens with zero attached hydrogens (tertiary/aromatic N) is 2. The van der Waals surface area contributed by atoms with Crippen molar-refractivity contribution >= 4 is 67.1 Å². The van der Waals surface area contributed by atoms with Gasteiger partial charge in [-0.2, -0.15) is 0 Å². The van der Waals surface area contributed by atoms with Crippen molar-refractivity contribution in [1.29, 1.82) is 0 Å². The van der Waals surface area contributed by atoms with Crippen molar-refractivity contribution in [3.05, 3.63) is 96.6 Å². The fourth-order valence-corrected chi connectivity index (χ4v) is 9.45. The maximum Gasteiger partial charge on any atom is 0.252 e. The third kappa shape index (κ3) is 2.13. The van der Waals surface area contributed by atoms with E-state index in [0.29, 0.717) is 0 Å². The number of anilines is 2. The molecule has 0 bridgehead atoms. The van der Waals surface area contributed by atoms with Crippen LogP contribution in [0.5, 0.6) is 0 Å². The van der Waals surface area contributed by atoms with E-state index in [-0.39, 0.29) is 17.7 Å². The van der Waals surface area contributed by atoms with Gasteiger partial charge in [0, 0.05) is 38.8 Å². The van der Waals surface area contributed by atoms with E-state index in [2.05, 4.69) is 114 Å². The highest BCUT2D eigenvalue weighted by molar-refractivity contribution is 7.00. The van der Waals surface area contributed by atoms with Crippen LogP contribution in [0.4, 0.5) is 11.4 Å². The van der Waals surface area contributed by atoms with Crippen LogP contribution in [0.2, 0.25) is 0 Å². The Hall–Kier alpha value is -3.98. The average Bonchev–Trinajstić information content (AvgIpc) is 3.42. The first-order valence-corrected chi connectivity index (χ1v) is 14.6. The zero-order valence-corrected chi connectivity index (χ0v) is 22.5. The molecular weight excluding hydrogens is 471 g/mol. The normalized spacial score (nSPS) is 23.8. The first-order valence-electron chi connectivity index (χ1n) is 14.6. The summed E-state index contributed by atoms with van der Waals surface area (Å²) in [7, 11) is 0. The molecule has 1 aromatic heterocycles. The van der Waals surface area contributed by atoms with Gasteiger partial charge in [0.25, 0.3) is 6.71 Å². The summed E-state index contributed by atoms with van der Waals surface area (Å²) in [5.74, 6) is 0. The second kappa shape index (κ2) is 6.59. The first-order chi connectivity index (χ1) is 19.1. The number of benzene rings is 5. The van der Waals surface area contributed by atoms with Crippen molar-refractivity contribution in [2.24, 2.45) is 0 Å². The summed E-state index contributed by atoms with van der Waals surface area (Å²) in [4.78, 5) is 2.80. The third-order valence-electron chi connectivity index (χ3n) is 11.3. The minimum atomic E-state index is 0.0883. The number of aromatic nitrogens is 1. The van der Waals surface area contributed by atoms with E-state index in [9.17, 15) is 0 Å². The number of hydrogen-bond acceptors (Lipinski definition) is 1. The summed E-state index contributed by atoms with van der Waals surface area (Å²) in [5, 5.41) is 5.41. The highest BCUT2D eigenvalue weighted by Gasteiger charge is 2.60. The topological polar surface area (TPSA) is 8.17 Å². The van der Waals surface area contributed by atoms with Gasteiger partial charge in [0.2, 0.25) is 0 Å². The Labute approximate surface area is 228 Å². The van der Waals surface area contributed by atoms with Crippen molar-refractivity contribution in [3.63, 3.8) is 0 Å².